The van der Waals surface area contributed by atoms with Gasteiger partial charge in [0.05, 0.1) is 27.5 Å². The van der Waals surface area contributed by atoms with E-state index in [0.717, 1.165) is 38.0 Å². The maximum atomic E-state index is 13.1. The van der Waals surface area contributed by atoms with Crippen molar-refractivity contribution in [1.29, 1.82) is 0 Å². The van der Waals surface area contributed by atoms with Crippen molar-refractivity contribution in [3.05, 3.63) is 72.2 Å². The molecular formula is C20H16NO2S+. The van der Waals surface area contributed by atoms with E-state index >= 15 is 0 Å². The fourth-order valence-electron chi connectivity index (χ4n) is 3.08. The highest BCUT2D eigenvalue weighted by Crippen LogP contribution is 2.32. The molecule has 4 aromatic rings. The normalized spacial score (nSPS) is 11.2. The Bertz CT molecular complexity index is 1020. The number of benzene rings is 2. The lowest BCUT2D eigenvalue weighted by atomic mass is 10.0. The molecule has 0 radical (unpaired) electrons. The number of aromatic nitrogens is 1. The zero-order valence-corrected chi connectivity index (χ0v) is 14.3. The average molecular weight is 334 g/mol. The number of thioether (sulfide) groups is 1. The van der Waals surface area contributed by atoms with Gasteiger partial charge in [-0.3, -0.25) is 4.79 Å². The van der Waals surface area contributed by atoms with Gasteiger partial charge in [0.15, 0.2) is 0 Å². The topological polar surface area (TPSA) is 34.1 Å². The molecule has 0 amide bonds. The van der Waals surface area contributed by atoms with Crippen LogP contribution in [-0.4, -0.2) is 5.12 Å². The van der Waals surface area contributed by atoms with E-state index in [4.69, 9.17) is 4.42 Å². The van der Waals surface area contributed by atoms with Crippen molar-refractivity contribution in [3.8, 4) is 0 Å². The van der Waals surface area contributed by atoms with Crippen LogP contribution >= 0.6 is 11.8 Å². The molecule has 2 aromatic carbocycles. The lowest BCUT2D eigenvalue weighted by molar-refractivity contribution is -0.617. The molecule has 24 heavy (non-hydrogen) atoms. The highest BCUT2D eigenvalue weighted by molar-refractivity contribution is 8.14. The summed E-state index contributed by atoms with van der Waals surface area (Å²) in [7, 11) is 2.03. The van der Waals surface area contributed by atoms with Crippen LogP contribution < -0.4 is 4.57 Å². The molecule has 3 nitrogen and oxygen atoms in total. The molecule has 0 atom stereocenters. The number of para-hydroxylation sites is 2. The van der Waals surface area contributed by atoms with Crippen LogP contribution in [0.25, 0.3) is 21.8 Å². The van der Waals surface area contributed by atoms with Crippen LogP contribution in [0.15, 0.2) is 70.2 Å². The van der Waals surface area contributed by atoms with Crippen LogP contribution in [0.4, 0.5) is 0 Å². The monoisotopic (exact) mass is 334 g/mol. The Balaban J connectivity index is 2.00. The molecule has 0 unspecified atom stereocenters. The summed E-state index contributed by atoms with van der Waals surface area (Å²) in [5.74, 6) is 0.767. The third-order valence-corrected chi connectivity index (χ3v) is 5.32. The van der Waals surface area contributed by atoms with Gasteiger partial charge in [-0.15, -0.1) is 0 Å². The molecule has 0 aliphatic heterocycles. The Kier molecular flexibility index (Phi) is 3.62. The third-order valence-electron chi connectivity index (χ3n) is 4.29. The van der Waals surface area contributed by atoms with Crippen molar-refractivity contribution in [2.75, 3.05) is 0 Å². The van der Waals surface area contributed by atoms with Gasteiger partial charge in [-0.25, -0.2) is 0 Å². The lowest BCUT2D eigenvalue weighted by Crippen LogP contribution is -2.31. The Morgan fingerprint density at radius 3 is 2.08 bits per heavy atom. The minimum Gasteiger partial charge on any atom is -0.468 e. The predicted molar refractivity (Wildman–Crippen MR) is 96.3 cm³/mol. The van der Waals surface area contributed by atoms with Crippen molar-refractivity contribution in [1.82, 2.24) is 0 Å². The number of fused-ring (bicyclic) bond motifs is 2. The number of pyridine rings is 1. The van der Waals surface area contributed by atoms with E-state index in [1.54, 1.807) is 6.26 Å². The van der Waals surface area contributed by atoms with Gasteiger partial charge in [0, 0.05) is 12.1 Å². The first-order valence-electron chi connectivity index (χ1n) is 7.72. The van der Waals surface area contributed by atoms with Gasteiger partial charge in [0.25, 0.3) is 0 Å². The second-order valence-electron chi connectivity index (χ2n) is 5.70. The second-order valence-corrected chi connectivity index (χ2v) is 6.71. The first-order chi connectivity index (χ1) is 11.7. The molecule has 0 saturated carbocycles. The molecule has 0 bridgehead atoms. The first kappa shape index (κ1) is 15.0. The number of nitrogens with zero attached hydrogens (tertiary/aromatic N) is 1. The number of hydrogen-bond acceptors (Lipinski definition) is 3. The van der Waals surface area contributed by atoms with Crippen molar-refractivity contribution in [2.24, 2.45) is 7.05 Å². The van der Waals surface area contributed by atoms with E-state index in [9.17, 15) is 4.79 Å². The summed E-state index contributed by atoms with van der Waals surface area (Å²) in [6.07, 6.45) is 1.62. The molecular weight excluding hydrogens is 318 g/mol. The second kappa shape index (κ2) is 5.80. The zero-order valence-electron chi connectivity index (χ0n) is 13.4. The van der Waals surface area contributed by atoms with E-state index in [0.29, 0.717) is 0 Å². The van der Waals surface area contributed by atoms with Crippen molar-refractivity contribution >= 4 is 38.7 Å². The Morgan fingerprint density at radius 1 is 0.958 bits per heavy atom. The van der Waals surface area contributed by atoms with Gasteiger partial charge in [-0.2, -0.15) is 4.57 Å². The lowest BCUT2D eigenvalue weighted by Gasteiger charge is -2.08. The third kappa shape index (κ3) is 2.31. The molecule has 0 aliphatic rings. The maximum Gasteiger partial charge on any atom is 0.225 e. The predicted octanol–water partition coefficient (Wildman–Crippen LogP) is 4.65. The van der Waals surface area contributed by atoms with Crippen molar-refractivity contribution in [2.45, 2.75) is 11.8 Å². The summed E-state index contributed by atoms with van der Waals surface area (Å²) in [5, 5.41) is 1.97. The summed E-state index contributed by atoms with van der Waals surface area (Å²) < 4.78 is 7.45. The van der Waals surface area contributed by atoms with E-state index in [1.165, 1.54) is 11.8 Å². The van der Waals surface area contributed by atoms with Crippen LogP contribution in [0, 0.1) is 6.92 Å². The molecule has 4 rings (SSSR count). The highest BCUT2D eigenvalue weighted by Gasteiger charge is 2.23. The van der Waals surface area contributed by atoms with Gasteiger partial charge in [-0.1, -0.05) is 24.3 Å². The minimum atomic E-state index is 0.0347. The fourth-order valence-corrected chi connectivity index (χ4v) is 3.92. The van der Waals surface area contributed by atoms with Gasteiger partial charge in [-0.05, 0) is 36.9 Å². The number of carbonyl (C=O) groups is 1. The molecule has 0 spiro atoms. The largest absolute Gasteiger partial charge is 0.468 e. The number of carbonyl (C=O) groups excluding carboxylic acids is 1. The van der Waals surface area contributed by atoms with Crippen LogP contribution in [-0.2, 0) is 7.05 Å². The number of furan rings is 1. The molecule has 4 heteroatoms. The van der Waals surface area contributed by atoms with Crippen molar-refractivity contribution < 1.29 is 13.8 Å². The minimum absolute atomic E-state index is 0.0347. The smallest absolute Gasteiger partial charge is 0.225 e. The standard InChI is InChI=1S/C20H16NO2S/c1-13-18(11-12-23-13)24-20(22)19-14-7-3-5-9-16(14)21(2)17-10-6-4-8-15(17)19/h3-12H,1-2H3/q+1. The number of hydrogen-bond donors (Lipinski definition) is 0. The summed E-state index contributed by atoms with van der Waals surface area (Å²) >= 11 is 1.22. The summed E-state index contributed by atoms with van der Waals surface area (Å²) in [4.78, 5) is 14.0. The van der Waals surface area contributed by atoms with Gasteiger partial charge in [0.2, 0.25) is 16.1 Å². The maximum absolute atomic E-state index is 13.1. The van der Waals surface area contributed by atoms with E-state index < -0.39 is 0 Å². The molecule has 2 heterocycles. The van der Waals surface area contributed by atoms with Gasteiger partial charge >= 0.3 is 0 Å². The summed E-state index contributed by atoms with van der Waals surface area (Å²) in [6, 6.07) is 17.9. The average Bonchev–Trinajstić information content (AvgIpc) is 3.00. The van der Waals surface area contributed by atoms with Crippen LogP contribution in [0.2, 0.25) is 0 Å². The highest BCUT2D eigenvalue weighted by atomic mass is 32.2. The Labute approximate surface area is 143 Å². The number of aryl methyl sites for hydroxylation is 2. The Hall–Kier alpha value is -2.59. The molecule has 0 aliphatic carbocycles. The van der Waals surface area contributed by atoms with Crippen LogP contribution in [0.5, 0.6) is 0 Å². The quantitative estimate of drug-likeness (QED) is 0.304. The van der Waals surface area contributed by atoms with Gasteiger partial charge in [0.1, 0.15) is 12.8 Å². The van der Waals surface area contributed by atoms with Crippen LogP contribution in [0.3, 0.4) is 0 Å². The van der Waals surface area contributed by atoms with E-state index in [2.05, 4.69) is 4.57 Å². The zero-order chi connectivity index (χ0) is 16.7. The van der Waals surface area contributed by atoms with E-state index in [1.807, 2.05) is 68.6 Å². The number of rotatable bonds is 2. The molecule has 118 valence electrons. The SMILES string of the molecule is Cc1occc1SC(=O)c1c2ccccc2[n+](C)c2ccccc12. The first-order valence-corrected chi connectivity index (χ1v) is 8.54. The van der Waals surface area contributed by atoms with E-state index in [-0.39, 0.29) is 5.12 Å². The van der Waals surface area contributed by atoms with Crippen LogP contribution in [0.1, 0.15) is 16.1 Å². The summed E-state index contributed by atoms with van der Waals surface area (Å²) in [6.45, 7) is 1.87. The molecule has 0 N–H and O–H groups in total. The summed E-state index contributed by atoms with van der Waals surface area (Å²) in [5.41, 5.74) is 2.85. The molecule has 2 aromatic heterocycles. The Morgan fingerprint density at radius 2 is 1.54 bits per heavy atom. The molecule has 0 fully saturated rings. The van der Waals surface area contributed by atoms with Gasteiger partial charge < -0.3 is 4.42 Å². The fraction of sp³-hybridized carbons (Fsp3) is 0.100. The molecule has 0 saturated heterocycles. The van der Waals surface area contributed by atoms with Crippen molar-refractivity contribution in [3.63, 3.8) is 0 Å².